The van der Waals surface area contributed by atoms with E-state index in [0.29, 0.717) is 26.2 Å². The molecule has 0 spiro atoms. The van der Waals surface area contributed by atoms with E-state index in [2.05, 4.69) is 9.80 Å². The zero-order valence-electron chi connectivity index (χ0n) is 17.4. The average molecular weight is 434 g/mol. The molecule has 2 saturated heterocycles. The molecule has 168 valence electrons. The number of aliphatic hydroxyl groups excluding tert-OH is 1. The van der Waals surface area contributed by atoms with Crippen LogP contribution in [0.15, 0.2) is 42.5 Å². The SMILES string of the molecule is O[C@H]1CN(Cc2ccc(OCCN3CCOCC3)cc2)C[C@@H]1Oc1cc(F)cc(F)c1. The highest BCUT2D eigenvalue weighted by atomic mass is 19.1. The summed E-state index contributed by atoms with van der Waals surface area (Å²) in [6.45, 7) is 6.52. The van der Waals surface area contributed by atoms with Gasteiger partial charge in [-0.15, -0.1) is 0 Å². The van der Waals surface area contributed by atoms with Gasteiger partial charge in [0.15, 0.2) is 0 Å². The Morgan fingerprint density at radius 2 is 1.65 bits per heavy atom. The molecule has 2 atom stereocenters. The van der Waals surface area contributed by atoms with Crippen molar-refractivity contribution >= 4 is 0 Å². The van der Waals surface area contributed by atoms with Crippen molar-refractivity contribution in [2.45, 2.75) is 18.8 Å². The van der Waals surface area contributed by atoms with E-state index in [4.69, 9.17) is 14.2 Å². The minimum atomic E-state index is -0.728. The van der Waals surface area contributed by atoms with Gasteiger partial charge in [-0.1, -0.05) is 12.1 Å². The Morgan fingerprint density at radius 3 is 2.35 bits per heavy atom. The molecule has 2 aromatic carbocycles. The molecular weight excluding hydrogens is 406 g/mol. The van der Waals surface area contributed by atoms with Crippen LogP contribution in [0.3, 0.4) is 0 Å². The van der Waals surface area contributed by atoms with Crippen LogP contribution in [0.1, 0.15) is 5.56 Å². The van der Waals surface area contributed by atoms with Gasteiger partial charge in [0.05, 0.1) is 13.2 Å². The lowest BCUT2D eigenvalue weighted by atomic mass is 10.2. The topological polar surface area (TPSA) is 54.4 Å². The first-order valence-electron chi connectivity index (χ1n) is 10.6. The van der Waals surface area contributed by atoms with Crippen LogP contribution < -0.4 is 9.47 Å². The Bertz CT molecular complexity index is 826. The number of rotatable bonds is 8. The Morgan fingerprint density at radius 1 is 0.935 bits per heavy atom. The van der Waals surface area contributed by atoms with Gasteiger partial charge in [-0.2, -0.15) is 0 Å². The molecule has 2 heterocycles. The summed E-state index contributed by atoms with van der Waals surface area (Å²) in [6.07, 6.45) is -1.27. The summed E-state index contributed by atoms with van der Waals surface area (Å²) in [7, 11) is 0. The summed E-state index contributed by atoms with van der Waals surface area (Å²) in [4.78, 5) is 4.38. The first kappa shape index (κ1) is 22.0. The quantitative estimate of drug-likeness (QED) is 0.688. The number of ether oxygens (including phenoxy) is 3. The minimum absolute atomic E-state index is 0.0852. The zero-order valence-corrected chi connectivity index (χ0v) is 17.4. The molecule has 2 aliphatic heterocycles. The third kappa shape index (κ3) is 6.36. The Hall–Kier alpha value is -2.26. The van der Waals surface area contributed by atoms with Crippen molar-refractivity contribution in [2.24, 2.45) is 0 Å². The van der Waals surface area contributed by atoms with Crippen molar-refractivity contribution in [1.29, 1.82) is 0 Å². The number of hydrogen-bond acceptors (Lipinski definition) is 6. The molecule has 2 aromatic rings. The summed E-state index contributed by atoms with van der Waals surface area (Å²) < 4.78 is 43.5. The largest absolute Gasteiger partial charge is 0.492 e. The monoisotopic (exact) mass is 434 g/mol. The molecule has 0 aliphatic carbocycles. The first-order chi connectivity index (χ1) is 15.0. The fraction of sp³-hybridized carbons (Fsp3) is 0.478. The van der Waals surface area contributed by atoms with E-state index >= 15 is 0 Å². The van der Waals surface area contributed by atoms with Crippen LogP contribution in [0.5, 0.6) is 11.5 Å². The molecule has 6 nitrogen and oxygen atoms in total. The maximum atomic E-state index is 13.4. The Labute approximate surface area is 180 Å². The second kappa shape index (κ2) is 10.4. The highest BCUT2D eigenvalue weighted by Crippen LogP contribution is 2.23. The van der Waals surface area contributed by atoms with Crippen LogP contribution in [-0.2, 0) is 11.3 Å². The molecule has 31 heavy (non-hydrogen) atoms. The zero-order chi connectivity index (χ0) is 21.6. The van der Waals surface area contributed by atoms with E-state index in [-0.39, 0.29) is 5.75 Å². The van der Waals surface area contributed by atoms with Gasteiger partial charge >= 0.3 is 0 Å². The van der Waals surface area contributed by atoms with Crippen LogP contribution in [0.2, 0.25) is 0 Å². The number of β-amino-alcohol motifs (C(OH)–C–C–N with tert-alkyl or cyclic N) is 1. The smallest absolute Gasteiger partial charge is 0.138 e. The average Bonchev–Trinajstić information content (AvgIpc) is 3.08. The molecule has 0 bridgehead atoms. The van der Waals surface area contributed by atoms with Gasteiger partial charge in [-0.25, -0.2) is 8.78 Å². The second-order valence-corrected chi connectivity index (χ2v) is 7.97. The second-order valence-electron chi connectivity index (χ2n) is 7.97. The third-order valence-corrected chi connectivity index (χ3v) is 5.55. The Kier molecular flexibility index (Phi) is 7.34. The van der Waals surface area contributed by atoms with Gasteiger partial charge in [0.25, 0.3) is 0 Å². The predicted molar refractivity (Wildman–Crippen MR) is 111 cm³/mol. The molecule has 2 aliphatic rings. The molecule has 0 unspecified atom stereocenters. The number of morpholine rings is 1. The number of nitrogens with zero attached hydrogens (tertiary/aromatic N) is 2. The highest BCUT2D eigenvalue weighted by molar-refractivity contribution is 5.27. The van der Waals surface area contributed by atoms with E-state index < -0.39 is 23.8 Å². The summed E-state index contributed by atoms with van der Waals surface area (Å²) in [6, 6.07) is 10.9. The third-order valence-electron chi connectivity index (χ3n) is 5.55. The maximum absolute atomic E-state index is 13.4. The first-order valence-corrected chi connectivity index (χ1v) is 10.6. The number of benzene rings is 2. The van der Waals surface area contributed by atoms with Crippen LogP contribution >= 0.6 is 0 Å². The van der Waals surface area contributed by atoms with E-state index in [1.165, 1.54) is 0 Å². The van der Waals surface area contributed by atoms with Crippen molar-refractivity contribution in [1.82, 2.24) is 9.80 Å². The number of halogens is 2. The molecule has 0 aromatic heterocycles. The van der Waals surface area contributed by atoms with Crippen molar-refractivity contribution in [2.75, 3.05) is 52.5 Å². The molecule has 4 rings (SSSR count). The lowest BCUT2D eigenvalue weighted by Crippen LogP contribution is -2.38. The summed E-state index contributed by atoms with van der Waals surface area (Å²) in [5, 5.41) is 10.3. The molecule has 0 radical (unpaired) electrons. The summed E-state index contributed by atoms with van der Waals surface area (Å²) in [5.41, 5.74) is 1.09. The van der Waals surface area contributed by atoms with Crippen LogP contribution in [0.4, 0.5) is 8.78 Å². The van der Waals surface area contributed by atoms with Gasteiger partial charge in [-0.3, -0.25) is 9.80 Å². The maximum Gasteiger partial charge on any atom is 0.138 e. The van der Waals surface area contributed by atoms with E-state index in [1.807, 2.05) is 24.3 Å². The minimum Gasteiger partial charge on any atom is -0.492 e. The Balaban J connectivity index is 1.23. The molecule has 1 N–H and O–H groups in total. The molecule has 0 amide bonds. The standard InChI is InChI=1S/C23H28F2N2O4/c24-18-11-19(25)13-21(12-18)31-23-16-27(15-22(23)28)14-17-1-3-20(4-2-17)30-10-7-26-5-8-29-9-6-26/h1-4,11-13,22-23,28H,5-10,14-16H2/t22-,23-/m0/s1. The van der Waals surface area contributed by atoms with E-state index in [0.717, 1.165) is 62.4 Å². The van der Waals surface area contributed by atoms with Crippen molar-refractivity contribution in [3.05, 3.63) is 59.7 Å². The van der Waals surface area contributed by atoms with Crippen LogP contribution in [-0.4, -0.2) is 79.7 Å². The molecule has 0 saturated carbocycles. The van der Waals surface area contributed by atoms with Gasteiger partial charge in [0, 0.05) is 57.5 Å². The molecular formula is C23H28F2N2O4. The predicted octanol–water partition coefficient (Wildman–Crippen LogP) is 2.30. The molecule has 8 heteroatoms. The summed E-state index contributed by atoms with van der Waals surface area (Å²) >= 11 is 0. The van der Waals surface area contributed by atoms with Crippen molar-refractivity contribution < 1.29 is 28.1 Å². The molecule has 2 fully saturated rings. The highest BCUT2D eigenvalue weighted by Gasteiger charge is 2.33. The van der Waals surface area contributed by atoms with Crippen LogP contribution in [0.25, 0.3) is 0 Å². The van der Waals surface area contributed by atoms with Gasteiger partial charge in [0.1, 0.15) is 41.9 Å². The number of aliphatic hydroxyl groups is 1. The van der Waals surface area contributed by atoms with Gasteiger partial charge in [-0.05, 0) is 17.7 Å². The number of hydrogen-bond donors (Lipinski definition) is 1. The van der Waals surface area contributed by atoms with Crippen molar-refractivity contribution in [3.8, 4) is 11.5 Å². The lowest BCUT2D eigenvalue weighted by Gasteiger charge is -2.26. The van der Waals surface area contributed by atoms with E-state index in [9.17, 15) is 13.9 Å². The lowest BCUT2D eigenvalue weighted by molar-refractivity contribution is 0.0322. The fourth-order valence-electron chi connectivity index (χ4n) is 3.92. The van der Waals surface area contributed by atoms with Crippen LogP contribution in [0, 0.1) is 11.6 Å². The number of likely N-dealkylation sites (tertiary alicyclic amines) is 1. The fourth-order valence-corrected chi connectivity index (χ4v) is 3.92. The van der Waals surface area contributed by atoms with Gasteiger partial charge < -0.3 is 19.3 Å². The normalized spacial score (nSPS) is 22.5. The van der Waals surface area contributed by atoms with E-state index in [1.54, 1.807) is 0 Å². The summed E-state index contributed by atoms with van der Waals surface area (Å²) in [5.74, 6) is -0.493. The van der Waals surface area contributed by atoms with Gasteiger partial charge in [0.2, 0.25) is 0 Å². The van der Waals surface area contributed by atoms with Crippen molar-refractivity contribution in [3.63, 3.8) is 0 Å².